The zero-order valence-electron chi connectivity index (χ0n) is 14.8. The number of thioether (sulfide) groups is 1. The highest BCUT2D eigenvalue weighted by molar-refractivity contribution is 7.98. The molecule has 26 heavy (non-hydrogen) atoms. The van der Waals surface area contributed by atoms with Gasteiger partial charge < -0.3 is 10.2 Å². The Bertz CT molecular complexity index is 813. The van der Waals surface area contributed by atoms with E-state index in [4.69, 9.17) is 0 Å². The highest BCUT2D eigenvalue weighted by atomic mass is 32.2. The SMILES string of the molecule is CN(C)C(CNC(=O)c1ccccc1SCc1cccs1)c1cccs1. The second-order valence-electron chi connectivity index (χ2n) is 6.07. The Morgan fingerprint density at radius 3 is 2.54 bits per heavy atom. The van der Waals surface area contributed by atoms with Crippen molar-refractivity contribution in [3.63, 3.8) is 0 Å². The van der Waals surface area contributed by atoms with Crippen LogP contribution in [0.5, 0.6) is 0 Å². The topological polar surface area (TPSA) is 32.3 Å². The Morgan fingerprint density at radius 1 is 1.08 bits per heavy atom. The fourth-order valence-electron chi connectivity index (χ4n) is 2.63. The van der Waals surface area contributed by atoms with E-state index in [9.17, 15) is 4.79 Å². The van der Waals surface area contributed by atoms with Crippen molar-refractivity contribution < 1.29 is 4.79 Å². The summed E-state index contributed by atoms with van der Waals surface area (Å²) in [7, 11) is 4.09. The van der Waals surface area contributed by atoms with Gasteiger partial charge in [0, 0.05) is 26.9 Å². The van der Waals surface area contributed by atoms with Gasteiger partial charge in [0.1, 0.15) is 0 Å². The molecule has 1 unspecified atom stereocenters. The van der Waals surface area contributed by atoms with E-state index in [1.54, 1.807) is 34.4 Å². The molecule has 2 heterocycles. The molecule has 6 heteroatoms. The van der Waals surface area contributed by atoms with Crippen LogP contribution in [0.25, 0.3) is 0 Å². The summed E-state index contributed by atoms with van der Waals surface area (Å²) in [6.45, 7) is 0.594. The number of rotatable bonds is 8. The molecule has 0 radical (unpaired) electrons. The lowest BCUT2D eigenvalue weighted by Gasteiger charge is -2.23. The van der Waals surface area contributed by atoms with E-state index in [0.29, 0.717) is 6.54 Å². The van der Waals surface area contributed by atoms with E-state index < -0.39 is 0 Å². The number of benzene rings is 1. The Kier molecular flexibility index (Phi) is 6.91. The van der Waals surface area contributed by atoms with Crippen LogP contribution >= 0.6 is 34.4 Å². The molecule has 0 aliphatic carbocycles. The van der Waals surface area contributed by atoms with E-state index in [2.05, 4.69) is 45.2 Å². The number of nitrogens with one attached hydrogen (secondary N) is 1. The predicted octanol–water partition coefficient (Wildman–Crippen LogP) is 5.13. The van der Waals surface area contributed by atoms with Gasteiger partial charge in [-0.3, -0.25) is 4.79 Å². The standard InChI is InChI=1S/C20H22N2OS3/c1-22(2)17(19-10-6-12-25-19)13-21-20(23)16-8-3-4-9-18(16)26-14-15-7-5-11-24-15/h3-12,17H,13-14H2,1-2H3,(H,21,23). The second-order valence-corrected chi connectivity index (χ2v) is 9.10. The van der Waals surface area contributed by atoms with Gasteiger partial charge in [-0.1, -0.05) is 24.3 Å². The Balaban J connectivity index is 1.65. The largest absolute Gasteiger partial charge is 0.350 e. The van der Waals surface area contributed by atoms with Gasteiger partial charge in [0.2, 0.25) is 0 Å². The molecule has 0 spiro atoms. The summed E-state index contributed by atoms with van der Waals surface area (Å²) >= 11 is 5.18. The maximum absolute atomic E-state index is 12.8. The monoisotopic (exact) mass is 402 g/mol. The van der Waals surface area contributed by atoms with Crippen molar-refractivity contribution in [2.45, 2.75) is 16.7 Å². The average molecular weight is 403 g/mol. The lowest BCUT2D eigenvalue weighted by atomic mass is 10.2. The lowest BCUT2D eigenvalue weighted by Crippen LogP contribution is -2.34. The molecule has 1 N–H and O–H groups in total. The normalized spacial score (nSPS) is 12.3. The molecule has 0 saturated heterocycles. The zero-order chi connectivity index (χ0) is 18.4. The summed E-state index contributed by atoms with van der Waals surface area (Å²) in [6, 6.07) is 16.4. The average Bonchev–Trinajstić information content (AvgIpc) is 3.34. The smallest absolute Gasteiger partial charge is 0.252 e. The van der Waals surface area contributed by atoms with Crippen molar-refractivity contribution in [3.05, 3.63) is 74.6 Å². The first-order valence-corrected chi connectivity index (χ1v) is 11.1. The Morgan fingerprint density at radius 2 is 1.85 bits per heavy atom. The maximum atomic E-state index is 12.8. The first-order valence-electron chi connectivity index (χ1n) is 8.37. The minimum atomic E-state index is -0.0114. The van der Waals surface area contributed by atoms with E-state index in [0.717, 1.165) is 16.2 Å². The minimum absolute atomic E-state index is 0.0114. The van der Waals surface area contributed by atoms with Crippen molar-refractivity contribution in [2.75, 3.05) is 20.6 Å². The highest BCUT2D eigenvalue weighted by Gasteiger charge is 2.18. The minimum Gasteiger partial charge on any atom is -0.350 e. The number of nitrogens with zero attached hydrogens (tertiary/aromatic N) is 1. The van der Waals surface area contributed by atoms with Crippen LogP contribution < -0.4 is 5.32 Å². The third-order valence-electron chi connectivity index (χ3n) is 4.03. The van der Waals surface area contributed by atoms with Gasteiger partial charge in [0.05, 0.1) is 11.6 Å². The number of carbonyl (C=O) groups is 1. The summed E-state index contributed by atoms with van der Waals surface area (Å²) in [5, 5.41) is 7.27. The number of thiophene rings is 2. The fraction of sp³-hybridized carbons (Fsp3) is 0.250. The van der Waals surface area contributed by atoms with Gasteiger partial charge in [0.15, 0.2) is 0 Å². The fourth-order valence-corrected chi connectivity index (χ4v) is 5.37. The molecule has 0 saturated carbocycles. The zero-order valence-corrected chi connectivity index (χ0v) is 17.3. The summed E-state index contributed by atoms with van der Waals surface area (Å²) < 4.78 is 0. The van der Waals surface area contributed by atoms with Crippen LogP contribution in [0.3, 0.4) is 0 Å². The molecule has 2 aromatic heterocycles. The Labute approximate surface area is 167 Å². The molecule has 0 bridgehead atoms. The first-order chi connectivity index (χ1) is 12.6. The van der Waals surface area contributed by atoms with Crippen molar-refractivity contribution in [1.29, 1.82) is 0 Å². The van der Waals surface area contributed by atoms with E-state index in [1.165, 1.54) is 9.75 Å². The first kappa shape index (κ1) is 19.2. The van der Waals surface area contributed by atoms with Crippen LogP contribution in [-0.4, -0.2) is 31.4 Å². The predicted molar refractivity (Wildman–Crippen MR) is 113 cm³/mol. The van der Waals surface area contributed by atoms with Crippen LogP contribution in [0.1, 0.15) is 26.2 Å². The molecule has 136 valence electrons. The molecular weight excluding hydrogens is 380 g/mol. The quantitative estimate of drug-likeness (QED) is 0.530. The van der Waals surface area contributed by atoms with Crippen LogP contribution in [0.15, 0.2) is 64.2 Å². The van der Waals surface area contributed by atoms with E-state index >= 15 is 0 Å². The van der Waals surface area contributed by atoms with Crippen LogP contribution in [-0.2, 0) is 5.75 Å². The number of likely N-dealkylation sites (N-methyl/N-ethyl adjacent to an activating group) is 1. The molecule has 3 aromatic rings. The molecule has 0 aliphatic rings. The number of hydrogen-bond donors (Lipinski definition) is 1. The van der Waals surface area contributed by atoms with Gasteiger partial charge >= 0.3 is 0 Å². The third kappa shape index (κ3) is 4.98. The van der Waals surface area contributed by atoms with Gasteiger partial charge in [-0.25, -0.2) is 0 Å². The van der Waals surface area contributed by atoms with Crippen molar-refractivity contribution in [3.8, 4) is 0 Å². The number of hydrogen-bond acceptors (Lipinski definition) is 5. The van der Waals surface area contributed by atoms with E-state index in [-0.39, 0.29) is 11.9 Å². The molecule has 0 fully saturated rings. The molecule has 1 atom stereocenters. The number of amides is 1. The van der Waals surface area contributed by atoms with Crippen LogP contribution in [0.2, 0.25) is 0 Å². The van der Waals surface area contributed by atoms with Crippen LogP contribution in [0, 0.1) is 0 Å². The number of carbonyl (C=O) groups excluding carboxylic acids is 1. The molecular formula is C20H22N2OS3. The summed E-state index contributed by atoms with van der Waals surface area (Å²) in [5.41, 5.74) is 0.748. The molecule has 3 nitrogen and oxygen atoms in total. The molecule has 3 rings (SSSR count). The molecule has 1 amide bonds. The molecule has 0 aliphatic heterocycles. The van der Waals surface area contributed by atoms with Gasteiger partial charge in [-0.2, -0.15) is 0 Å². The molecule has 1 aromatic carbocycles. The van der Waals surface area contributed by atoms with Crippen molar-refractivity contribution >= 4 is 40.3 Å². The van der Waals surface area contributed by atoms with Crippen molar-refractivity contribution in [2.24, 2.45) is 0 Å². The van der Waals surface area contributed by atoms with Gasteiger partial charge in [0.25, 0.3) is 5.91 Å². The highest BCUT2D eigenvalue weighted by Crippen LogP contribution is 2.28. The maximum Gasteiger partial charge on any atom is 0.252 e. The van der Waals surface area contributed by atoms with Gasteiger partial charge in [-0.15, -0.1) is 34.4 Å². The van der Waals surface area contributed by atoms with E-state index in [1.807, 2.05) is 38.4 Å². The third-order valence-corrected chi connectivity index (χ3v) is 7.19. The Hall–Kier alpha value is -1.60. The summed E-state index contributed by atoms with van der Waals surface area (Å²) in [4.78, 5) is 18.5. The second kappa shape index (κ2) is 9.37. The van der Waals surface area contributed by atoms with Gasteiger partial charge in [-0.05, 0) is 49.1 Å². The van der Waals surface area contributed by atoms with Crippen LogP contribution in [0.4, 0.5) is 0 Å². The summed E-state index contributed by atoms with van der Waals surface area (Å²) in [5.74, 6) is 0.875. The van der Waals surface area contributed by atoms with Crippen molar-refractivity contribution in [1.82, 2.24) is 10.2 Å². The lowest BCUT2D eigenvalue weighted by molar-refractivity contribution is 0.0939. The summed E-state index contributed by atoms with van der Waals surface area (Å²) in [6.07, 6.45) is 0.